The molecule has 51 valence electrons. The molecule has 2 aliphatic rings. The first kappa shape index (κ1) is 5.69. The van der Waals surface area contributed by atoms with E-state index < -0.39 is 0 Å². The number of rotatable bonds is 1. The Hall–Kier alpha value is -0.0800. The van der Waals surface area contributed by atoms with Gasteiger partial charge in [-0.05, 0) is 19.3 Å². The fourth-order valence-electron chi connectivity index (χ4n) is 1.49. The van der Waals surface area contributed by atoms with Gasteiger partial charge >= 0.3 is 0 Å². The molecule has 9 heavy (non-hydrogen) atoms. The number of ether oxygens (including phenoxy) is 1. The maximum Gasteiger partial charge on any atom is 0.0745 e. The van der Waals surface area contributed by atoms with Gasteiger partial charge in [0.25, 0.3) is 0 Å². The van der Waals surface area contributed by atoms with Gasteiger partial charge in [0.05, 0.1) is 12.1 Å². The van der Waals surface area contributed by atoms with Gasteiger partial charge in [-0.25, -0.2) is 5.32 Å². The van der Waals surface area contributed by atoms with E-state index in [-0.39, 0.29) is 0 Å². The zero-order chi connectivity index (χ0) is 6.10. The highest BCUT2D eigenvalue weighted by atomic mass is 16.5. The highest BCUT2D eigenvalue weighted by Crippen LogP contribution is 2.21. The SMILES string of the molecule is C1COC(C2CC[N]2)C1. The molecule has 0 aliphatic carbocycles. The van der Waals surface area contributed by atoms with Gasteiger partial charge < -0.3 is 4.74 Å². The lowest BCUT2D eigenvalue weighted by molar-refractivity contribution is 0.0546. The summed E-state index contributed by atoms with van der Waals surface area (Å²) in [6, 6.07) is 0.576. The van der Waals surface area contributed by atoms with Crippen molar-refractivity contribution >= 4 is 0 Å². The molecule has 2 nitrogen and oxygen atoms in total. The van der Waals surface area contributed by atoms with Gasteiger partial charge in [0.2, 0.25) is 0 Å². The second-order valence-electron chi connectivity index (χ2n) is 2.81. The maximum absolute atomic E-state index is 5.46. The van der Waals surface area contributed by atoms with Crippen molar-refractivity contribution in [3.05, 3.63) is 0 Å². The first-order chi connectivity index (χ1) is 4.47. The topological polar surface area (TPSA) is 23.3 Å². The van der Waals surface area contributed by atoms with E-state index in [2.05, 4.69) is 5.32 Å². The van der Waals surface area contributed by atoms with Crippen LogP contribution in [0.5, 0.6) is 0 Å². The normalized spacial score (nSPS) is 42.7. The Morgan fingerprint density at radius 1 is 1.33 bits per heavy atom. The molecule has 1 radical (unpaired) electrons. The fourth-order valence-corrected chi connectivity index (χ4v) is 1.49. The summed E-state index contributed by atoms with van der Waals surface area (Å²) in [5, 5.41) is 4.33. The van der Waals surface area contributed by atoms with Crippen LogP contribution >= 0.6 is 0 Å². The molecule has 2 heteroatoms. The molecule has 2 aliphatic heterocycles. The van der Waals surface area contributed by atoms with Crippen LogP contribution in [0, 0.1) is 0 Å². The molecule has 2 heterocycles. The second-order valence-corrected chi connectivity index (χ2v) is 2.81. The third-order valence-corrected chi connectivity index (χ3v) is 2.18. The summed E-state index contributed by atoms with van der Waals surface area (Å²) in [6.45, 7) is 2.04. The number of hydrogen-bond donors (Lipinski definition) is 0. The molecule has 0 saturated carbocycles. The zero-order valence-electron chi connectivity index (χ0n) is 5.55. The third kappa shape index (κ3) is 0.970. The minimum atomic E-state index is 0.499. The van der Waals surface area contributed by atoms with Gasteiger partial charge in [-0.1, -0.05) is 0 Å². The van der Waals surface area contributed by atoms with Crippen molar-refractivity contribution < 1.29 is 4.74 Å². The van der Waals surface area contributed by atoms with Gasteiger partial charge in [0.15, 0.2) is 0 Å². The largest absolute Gasteiger partial charge is 0.377 e. The van der Waals surface area contributed by atoms with Crippen LogP contribution in [-0.4, -0.2) is 25.3 Å². The lowest BCUT2D eigenvalue weighted by Gasteiger charge is -2.29. The summed E-state index contributed by atoms with van der Waals surface area (Å²) in [6.07, 6.45) is 4.26. The molecule has 2 saturated heterocycles. The minimum absolute atomic E-state index is 0.499. The summed E-state index contributed by atoms with van der Waals surface area (Å²) >= 11 is 0. The molecule has 0 amide bonds. The van der Waals surface area contributed by atoms with E-state index in [0.29, 0.717) is 12.1 Å². The van der Waals surface area contributed by atoms with E-state index in [0.717, 1.165) is 13.2 Å². The summed E-state index contributed by atoms with van der Waals surface area (Å²) < 4.78 is 5.46. The van der Waals surface area contributed by atoms with Crippen LogP contribution in [0.15, 0.2) is 0 Å². The van der Waals surface area contributed by atoms with E-state index in [4.69, 9.17) is 4.74 Å². The highest BCUT2D eigenvalue weighted by molar-refractivity contribution is 4.86. The number of nitrogens with zero attached hydrogens (tertiary/aromatic N) is 1. The molecule has 0 aromatic carbocycles. The maximum atomic E-state index is 5.46. The molecule has 2 unspecified atom stereocenters. The summed E-state index contributed by atoms with van der Waals surface area (Å²) in [5.74, 6) is 0. The zero-order valence-corrected chi connectivity index (χ0v) is 5.55. The van der Waals surface area contributed by atoms with Crippen LogP contribution in [0.1, 0.15) is 19.3 Å². The third-order valence-electron chi connectivity index (χ3n) is 2.18. The molecule has 0 bridgehead atoms. The van der Waals surface area contributed by atoms with Crippen molar-refractivity contribution in [2.24, 2.45) is 0 Å². The standard InChI is InChI=1S/C7H12NO/c1-2-7(9-5-1)6-3-4-8-6/h6-7H,1-5H2. The van der Waals surface area contributed by atoms with Crippen LogP contribution in [-0.2, 0) is 4.74 Å². The Balaban J connectivity index is 1.82. The van der Waals surface area contributed by atoms with Crippen molar-refractivity contribution in [3.63, 3.8) is 0 Å². The molecule has 0 aromatic rings. The van der Waals surface area contributed by atoms with Crippen LogP contribution in [0.25, 0.3) is 0 Å². The van der Waals surface area contributed by atoms with E-state index in [9.17, 15) is 0 Å². The first-order valence-electron chi connectivity index (χ1n) is 3.75. The van der Waals surface area contributed by atoms with E-state index >= 15 is 0 Å². The van der Waals surface area contributed by atoms with Gasteiger partial charge in [0.1, 0.15) is 0 Å². The summed E-state index contributed by atoms with van der Waals surface area (Å²) in [7, 11) is 0. The molecule has 2 atom stereocenters. The highest BCUT2D eigenvalue weighted by Gasteiger charge is 2.30. The minimum Gasteiger partial charge on any atom is -0.377 e. The molecule has 0 spiro atoms. The molecule has 0 N–H and O–H groups in total. The molecule has 0 aromatic heterocycles. The van der Waals surface area contributed by atoms with Gasteiger partial charge in [-0.15, -0.1) is 0 Å². The Morgan fingerprint density at radius 3 is 2.67 bits per heavy atom. The fraction of sp³-hybridized carbons (Fsp3) is 1.00. The van der Waals surface area contributed by atoms with Gasteiger partial charge in [-0.3, -0.25) is 0 Å². The van der Waals surface area contributed by atoms with Crippen LogP contribution in [0.4, 0.5) is 0 Å². The van der Waals surface area contributed by atoms with Gasteiger partial charge in [-0.2, -0.15) is 0 Å². The van der Waals surface area contributed by atoms with E-state index in [1.807, 2.05) is 0 Å². The smallest absolute Gasteiger partial charge is 0.0745 e. The van der Waals surface area contributed by atoms with Crippen molar-refractivity contribution in [2.75, 3.05) is 13.2 Å². The van der Waals surface area contributed by atoms with Crippen molar-refractivity contribution in [1.29, 1.82) is 0 Å². The van der Waals surface area contributed by atoms with Crippen LogP contribution < -0.4 is 5.32 Å². The quantitative estimate of drug-likeness (QED) is 0.503. The molecular formula is C7H12NO. The number of hydrogen-bond acceptors (Lipinski definition) is 1. The second kappa shape index (κ2) is 2.27. The Labute approximate surface area is 55.6 Å². The van der Waals surface area contributed by atoms with Crippen molar-refractivity contribution in [3.8, 4) is 0 Å². The first-order valence-corrected chi connectivity index (χ1v) is 3.75. The molecular weight excluding hydrogens is 114 g/mol. The average molecular weight is 126 g/mol. The van der Waals surface area contributed by atoms with E-state index in [1.54, 1.807) is 0 Å². The van der Waals surface area contributed by atoms with Crippen molar-refractivity contribution in [1.82, 2.24) is 5.32 Å². The van der Waals surface area contributed by atoms with Crippen molar-refractivity contribution in [2.45, 2.75) is 31.4 Å². The summed E-state index contributed by atoms with van der Waals surface area (Å²) in [4.78, 5) is 0. The Bertz CT molecular complexity index is 95.1. The lowest BCUT2D eigenvalue weighted by Crippen LogP contribution is -2.45. The van der Waals surface area contributed by atoms with Gasteiger partial charge in [0, 0.05) is 13.2 Å². The van der Waals surface area contributed by atoms with Crippen LogP contribution in [0.2, 0.25) is 0 Å². The predicted molar refractivity (Wildman–Crippen MR) is 34.4 cm³/mol. The average Bonchev–Trinajstić information content (AvgIpc) is 2.11. The van der Waals surface area contributed by atoms with Crippen LogP contribution in [0.3, 0.4) is 0 Å². The predicted octanol–water partition coefficient (Wildman–Crippen LogP) is 0.542. The Kier molecular flexibility index (Phi) is 1.44. The lowest BCUT2D eigenvalue weighted by atomic mass is 9.99. The monoisotopic (exact) mass is 126 g/mol. The molecule has 2 fully saturated rings. The Morgan fingerprint density at radius 2 is 2.22 bits per heavy atom. The summed E-state index contributed by atoms with van der Waals surface area (Å²) in [5.41, 5.74) is 0. The molecule has 2 rings (SSSR count). The van der Waals surface area contributed by atoms with E-state index in [1.165, 1.54) is 19.3 Å².